The summed E-state index contributed by atoms with van der Waals surface area (Å²) in [5.74, 6) is 0.528. The minimum Gasteiger partial charge on any atom is -0.463 e. The average Bonchev–Trinajstić information content (AvgIpc) is 2.03. The van der Waals surface area contributed by atoms with E-state index in [4.69, 9.17) is 4.74 Å². The molecule has 0 saturated heterocycles. The molecule has 0 aliphatic carbocycles. The number of carbonyl (C=O) groups is 1. The predicted molar refractivity (Wildman–Crippen MR) is 59.1 cm³/mol. The van der Waals surface area contributed by atoms with E-state index in [1.807, 2.05) is 13.8 Å². The fourth-order valence-corrected chi connectivity index (χ4v) is 1.25. The quantitative estimate of drug-likeness (QED) is 0.483. The number of hydrogen-bond donors (Lipinski definition) is 0. The van der Waals surface area contributed by atoms with E-state index in [1.165, 1.54) is 6.42 Å². The molecule has 0 atom stereocenters. The van der Waals surface area contributed by atoms with Gasteiger partial charge in [0.05, 0.1) is 6.61 Å². The summed E-state index contributed by atoms with van der Waals surface area (Å²) in [6.45, 7) is 8.68. The molecule has 0 unspecified atom stereocenters. The van der Waals surface area contributed by atoms with E-state index >= 15 is 0 Å². The molecule has 0 radical (unpaired) electrons. The zero-order chi connectivity index (χ0) is 11.0. The van der Waals surface area contributed by atoms with Crippen LogP contribution < -0.4 is 0 Å². The van der Waals surface area contributed by atoms with Crippen molar-refractivity contribution in [1.29, 1.82) is 0 Å². The summed E-state index contributed by atoms with van der Waals surface area (Å²) in [7, 11) is 0. The molecule has 0 bridgehead atoms. The molecular formula is C12H22O2. The maximum absolute atomic E-state index is 11.1. The van der Waals surface area contributed by atoms with Gasteiger partial charge in [0.2, 0.25) is 0 Å². The third-order valence-corrected chi connectivity index (χ3v) is 2.00. The van der Waals surface area contributed by atoms with Crippen molar-refractivity contribution in [2.45, 2.75) is 47.0 Å². The second kappa shape index (κ2) is 7.60. The number of carbonyl (C=O) groups excluding carboxylic acids is 1. The summed E-state index contributed by atoms with van der Waals surface area (Å²) in [6, 6.07) is 0. The summed E-state index contributed by atoms with van der Waals surface area (Å²) in [5.41, 5.74) is 1.11. The van der Waals surface area contributed by atoms with Gasteiger partial charge in [-0.3, -0.25) is 0 Å². The van der Waals surface area contributed by atoms with Gasteiger partial charge < -0.3 is 4.74 Å². The van der Waals surface area contributed by atoms with Gasteiger partial charge in [0.15, 0.2) is 0 Å². The highest BCUT2D eigenvalue weighted by atomic mass is 16.5. The van der Waals surface area contributed by atoms with Gasteiger partial charge in [0, 0.05) is 6.08 Å². The van der Waals surface area contributed by atoms with Crippen molar-refractivity contribution in [2.75, 3.05) is 6.61 Å². The highest BCUT2D eigenvalue weighted by molar-refractivity contribution is 5.82. The molecule has 2 heteroatoms. The van der Waals surface area contributed by atoms with Crippen LogP contribution in [-0.4, -0.2) is 12.6 Å². The molecule has 0 saturated carbocycles. The van der Waals surface area contributed by atoms with Gasteiger partial charge in [0.1, 0.15) is 0 Å². The number of esters is 1. The van der Waals surface area contributed by atoms with Crippen LogP contribution in [0.15, 0.2) is 11.6 Å². The topological polar surface area (TPSA) is 26.3 Å². The normalized spacial score (nSPS) is 11.9. The molecular weight excluding hydrogens is 176 g/mol. The van der Waals surface area contributed by atoms with Gasteiger partial charge in [-0.15, -0.1) is 0 Å². The second-order valence-corrected chi connectivity index (χ2v) is 4.03. The van der Waals surface area contributed by atoms with Crippen LogP contribution >= 0.6 is 0 Å². The maximum atomic E-state index is 11.1. The average molecular weight is 198 g/mol. The Balaban J connectivity index is 3.71. The Labute approximate surface area is 87.3 Å². The van der Waals surface area contributed by atoms with Crippen molar-refractivity contribution >= 4 is 5.97 Å². The predicted octanol–water partition coefficient (Wildman–Crippen LogP) is 3.32. The SMILES string of the molecule is CCOC(=O)/C=C(\C)CCCC(C)C. The Morgan fingerprint density at radius 3 is 2.57 bits per heavy atom. The first-order chi connectivity index (χ1) is 6.56. The molecule has 82 valence electrons. The zero-order valence-electron chi connectivity index (χ0n) is 9.80. The molecule has 2 nitrogen and oxygen atoms in total. The van der Waals surface area contributed by atoms with Crippen LogP contribution in [0.3, 0.4) is 0 Å². The van der Waals surface area contributed by atoms with Crippen molar-refractivity contribution in [3.63, 3.8) is 0 Å². The molecule has 0 rings (SSSR count). The van der Waals surface area contributed by atoms with Crippen molar-refractivity contribution in [3.05, 3.63) is 11.6 Å². The van der Waals surface area contributed by atoms with Crippen LogP contribution in [0.2, 0.25) is 0 Å². The van der Waals surface area contributed by atoms with E-state index < -0.39 is 0 Å². The Hall–Kier alpha value is -0.790. The van der Waals surface area contributed by atoms with Crippen LogP contribution in [-0.2, 0) is 9.53 Å². The van der Waals surface area contributed by atoms with E-state index in [0.29, 0.717) is 6.61 Å². The smallest absolute Gasteiger partial charge is 0.330 e. The zero-order valence-corrected chi connectivity index (χ0v) is 9.80. The van der Waals surface area contributed by atoms with E-state index in [1.54, 1.807) is 6.08 Å². The molecule has 0 fully saturated rings. The van der Waals surface area contributed by atoms with Crippen molar-refractivity contribution in [2.24, 2.45) is 5.92 Å². The Morgan fingerprint density at radius 2 is 2.07 bits per heavy atom. The first-order valence-electron chi connectivity index (χ1n) is 5.40. The lowest BCUT2D eigenvalue weighted by Crippen LogP contribution is -2.00. The molecule has 0 aromatic carbocycles. The van der Waals surface area contributed by atoms with E-state index in [0.717, 1.165) is 24.3 Å². The molecule has 0 spiro atoms. The Morgan fingerprint density at radius 1 is 1.43 bits per heavy atom. The highest BCUT2D eigenvalue weighted by Crippen LogP contribution is 2.11. The van der Waals surface area contributed by atoms with Crippen LogP contribution in [0.1, 0.15) is 47.0 Å². The number of ether oxygens (including phenoxy) is 1. The van der Waals surface area contributed by atoms with Crippen LogP contribution in [0.4, 0.5) is 0 Å². The standard InChI is InChI=1S/C12H22O2/c1-5-14-12(13)9-11(4)8-6-7-10(2)3/h9-10H,5-8H2,1-4H3/b11-9+. The fraction of sp³-hybridized carbons (Fsp3) is 0.750. The molecule has 0 aromatic heterocycles. The summed E-state index contributed by atoms with van der Waals surface area (Å²) in [5, 5.41) is 0. The van der Waals surface area contributed by atoms with Gasteiger partial charge in [-0.05, 0) is 32.6 Å². The van der Waals surface area contributed by atoms with Gasteiger partial charge in [-0.25, -0.2) is 4.79 Å². The maximum Gasteiger partial charge on any atom is 0.330 e. The monoisotopic (exact) mass is 198 g/mol. The lowest BCUT2D eigenvalue weighted by atomic mass is 10.0. The van der Waals surface area contributed by atoms with Gasteiger partial charge >= 0.3 is 5.97 Å². The first-order valence-corrected chi connectivity index (χ1v) is 5.40. The van der Waals surface area contributed by atoms with Crippen molar-refractivity contribution in [1.82, 2.24) is 0 Å². The summed E-state index contributed by atoms with van der Waals surface area (Å²) in [6.07, 6.45) is 4.97. The lowest BCUT2D eigenvalue weighted by molar-refractivity contribution is -0.137. The molecule has 0 heterocycles. The van der Waals surface area contributed by atoms with E-state index in [-0.39, 0.29) is 5.97 Å². The summed E-state index contributed by atoms with van der Waals surface area (Å²) in [4.78, 5) is 11.1. The molecule has 0 aliphatic heterocycles. The van der Waals surface area contributed by atoms with Crippen LogP contribution in [0, 0.1) is 5.92 Å². The first kappa shape index (κ1) is 13.2. The number of rotatable bonds is 6. The molecule has 0 N–H and O–H groups in total. The minimum absolute atomic E-state index is 0.213. The van der Waals surface area contributed by atoms with Crippen LogP contribution in [0.5, 0.6) is 0 Å². The lowest BCUT2D eigenvalue weighted by Gasteiger charge is -2.04. The Kier molecular flexibility index (Phi) is 7.17. The molecule has 14 heavy (non-hydrogen) atoms. The van der Waals surface area contributed by atoms with Gasteiger partial charge in [-0.2, -0.15) is 0 Å². The van der Waals surface area contributed by atoms with E-state index in [2.05, 4.69) is 13.8 Å². The summed E-state index contributed by atoms with van der Waals surface area (Å²) < 4.78 is 4.82. The molecule has 0 aromatic rings. The summed E-state index contributed by atoms with van der Waals surface area (Å²) >= 11 is 0. The number of allylic oxidation sites excluding steroid dienone is 1. The van der Waals surface area contributed by atoms with Gasteiger partial charge in [-0.1, -0.05) is 25.8 Å². The van der Waals surface area contributed by atoms with Crippen LogP contribution in [0.25, 0.3) is 0 Å². The Bertz CT molecular complexity index is 192. The third kappa shape index (κ3) is 7.84. The van der Waals surface area contributed by atoms with Gasteiger partial charge in [0.25, 0.3) is 0 Å². The fourth-order valence-electron chi connectivity index (χ4n) is 1.25. The number of hydrogen-bond acceptors (Lipinski definition) is 2. The molecule has 0 amide bonds. The second-order valence-electron chi connectivity index (χ2n) is 4.03. The minimum atomic E-state index is -0.213. The third-order valence-electron chi connectivity index (χ3n) is 2.00. The largest absolute Gasteiger partial charge is 0.463 e. The van der Waals surface area contributed by atoms with E-state index in [9.17, 15) is 4.79 Å². The highest BCUT2D eigenvalue weighted by Gasteiger charge is 1.99. The van der Waals surface area contributed by atoms with Crippen molar-refractivity contribution in [3.8, 4) is 0 Å². The van der Waals surface area contributed by atoms with Crippen molar-refractivity contribution < 1.29 is 9.53 Å². The molecule has 0 aliphatic rings.